The molecule has 1 saturated heterocycles. The molecular weight excluding hydrogens is 384 g/mol. The lowest BCUT2D eigenvalue weighted by Crippen LogP contribution is -2.35. The molecule has 1 fully saturated rings. The number of likely N-dealkylation sites (tertiary alicyclic amines) is 1. The second-order valence-corrected chi connectivity index (χ2v) is 9.96. The van der Waals surface area contributed by atoms with Gasteiger partial charge in [-0.15, -0.1) is 0 Å². The summed E-state index contributed by atoms with van der Waals surface area (Å²) in [5.74, 6) is 0.698. The SMILES string of the molecule is CC(=O)Nc1ccc(S(=O)(=O)CCCN2CCC(Cc3ccccc3)CC2)cc1. The van der Waals surface area contributed by atoms with E-state index in [9.17, 15) is 13.2 Å². The molecule has 0 bridgehead atoms. The Hall–Kier alpha value is -2.18. The molecule has 0 radical (unpaired) electrons. The Balaban J connectivity index is 1.41. The van der Waals surface area contributed by atoms with Gasteiger partial charge in [-0.05, 0) is 81.1 Å². The standard InChI is InChI=1S/C23H30N2O3S/c1-19(26)24-22-8-10-23(11-9-22)29(27,28)17-5-14-25-15-12-21(13-16-25)18-20-6-3-2-4-7-20/h2-4,6-11,21H,5,12-18H2,1H3,(H,24,26). The highest BCUT2D eigenvalue weighted by Crippen LogP contribution is 2.22. The van der Waals surface area contributed by atoms with Gasteiger partial charge in [0.2, 0.25) is 5.91 Å². The van der Waals surface area contributed by atoms with E-state index in [4.69, 9.17) is 0 Å². The molecule has 1 amide bonds. The zero-order chi connectivity index (χ0) is 20.7. The number of nitrogens with zero attached hydrogens (tertiary/aromatic N) is 1. The fraction of sp³-hybridized carbons (Fsp3) is 0.435. The number of hydrogen-bond acceptors (Lipinski definition) is 4. The Kier molecular flexibility index (Phi) is 7.45. The highest BCUT2D eigenvalue weighted by molar-refractivity contribution is 7.91. The summed E-state index contributed by atoms with van der Waals surface area (Å²) in [5.41, 5.74) is 2.01. The first-order valence-corrected chi connectivity index (χ1v) is 11.9. The zero-order valence-electron chi connectivity index (χ0n) is 17.0. The second kappa shape index (κ2) is 10.0. The van der Waals surface area contributed by atoms with E-state index in [-0.39, 0.29) is 11.7 Å². The van der Waals surface area contributed by atoms with Gasteiger partial charge in [-0.2, -0.15) is 0 Å². The maximum absolute atomic E-state index is 12.6. The topological polar surface area (TPSA) is 66.5 Å². The Morgan fingerprint density at radius 2 is 1.69 bits per heavy atom. The Morgan fingerprint density at radius 3 is 2.31 bits per heavy atom. The molecule has 0 saturated carbocycles. The average molecular weight is 415 g/mol. The van der Waals surface area contributed by atoms with Crippen LogP contribution in [-0.4, -0.2) is 44.6 Å². The van der Waals surface area contributed by atoms with Crippen molar-refractivity contribution in [1.29, 1.82) is 0 Å². The third-order valence-electron chi connectivity index (χ3n) is 5.50. The minimum atomic E-state index is -3.30. The van der Waals surface area contributed by atoms with Crippen LogP contribution in [0, 0.1) is 5.92 Å². The summed E-state index contributed by atoms with van der Waals surface area (Å²) in [6.45, 7) is 4.34. The van der Waals surface area contributed by atoms with Gasteiger partial charge < -0.3 is 10.2 Å². The largest absolute Gasteiger partial charge is 0.326 e. The molecule has 0 unspecified atom stereocenters. The third-order valence-corrected chi connectivity index (χ3v) is 7.31. The van der Waals surface area contributed by atoms with Gasteiger partial charge in [0, 0.05) is 12.6 Å². The van der Waals surface area contributed by atoms with Gasteiger partial charge in [0.25, 0.3) is 0 Å². The molecule has 156 valence electrons. The molecule has 1 aliphatic rings. The zero-order valence-corrected chi connectivity index (χ0v) is 17.8. The Bertz CT molecular complexity index is 887. The van der Waals surface area contributed by atoms with Crippen LogP contribution < -0.4 is 5.32 Å². The Labute approximate surface area is 174 Å². The fourth-order valence-electron chi connectivity index (χ4n) is 3.91. The lowest BCUT2D eigenvalue weighted by Gasteiger charge is -2.32. The molecule has 0 aliphatic carbocycles. The lowest BCUT2D eigenvalue weighted by molar-refractivity contribution is -0.114. The number of hydrogen-bond donors (Lipinski definition) is 1. The van der Waals surface area contributed by atoms with Gasteiger partial charge >= 0.3 is 0 Å². The second-order valence-electron chi connectivity index (χ2n) is 7.85. The van der Waals surface area contributed by atoms with Crippen molar-refractivity contribution in [1.82, 2.24) is 4.90 Å². The van der Waals surface area contributed by atoms with Gasteiger partial charge in [0.1, 0.15) is 0 Å². The lowest BCUT2D eigenvalue weighted by atomic mass is 9.90. The van der Waals surface area contributed by atoms with Gasteiger partial charge in [-0.3, -0.25) is 4.79 Å². The van der Waals surface area contributed by atoms with Crippen molar-refractivity contribution in [3.8, 4) is 0 Å². The number of benzene rings is 2. The predicted molar refractivity (Wildman–Crippen MR) is 117 cm³/mol. The molecule has 3 rings (SSSR count). The molecule has 1 heterocycles. The van der Waals surface area contributed by atoms with E-state index in [2.05, 4.69) is 40.5 Å². The van der Waals surface area contributed by atoms with Gasteiger partial charge in [-0.1, -0.05) is 30.3 Å². The van der Waals surface area contributed by atoms with Crippen LogP contribution in [0.15, 0.2) is 59.5 Å². The molecule has 0 atom stereocenters. The molecule has 29 heavy (non-hydrogen) atoms. The van der Waals surface area contributed by atoms with E-state index in [1.165, 1.54) is 25.3 Å². The van der Waals surface area contributed by atoms with E-state index in [0.29, 0.717) is 17.0 Å². The molecule has 0 spiro atoms. The van der Waals surface area contributed by atoms with Gasteiger partial charge in [0.15, 0.2) is 9.84 Å². The highest BCUT2D eigenvalue weighted by atomic mass is 32.2. The third kappa shape index (κ3) is 6.68. The van der Waals surface area contributed by atoms with Crippen LogP contribution in [0.1, 0.15) is 31.7 Å². The van der Waals surface area contributed by atoms with Crippen molar-refractivity contribution < 1.29 is 13.2 Å². The summed E-state index contributed by atoms with van der Waals surface area (Å²) in [6, 6.07) is 17.0. The molecule has 6 heteroatoms. The van der Waals surface area contributed by atoms with E-state index in [0.717, 1.165) is 32.0 Å². The number of anilines is 1. The van der Waals surface area contributed by atoms with E-state index in [1.54, 1.807) is 24.3 Å². The average Bonchev–Trinajstić information content (AvgIpc) is 2.70. The normalized spacial score (nSPS) is 15.9. The molecular formula is C23H30N2O3S. The van der Waals surface area contributed by atoms with Crippen LogP contribution in [0.2, 0.25) is 0 Å². The van der Waals surface area contributed by atoms with Gasteiger partial charge in [0.05, 0.1) is 10.6 Å². The highest BCUT2D eigenvalue weighted by Gasteiger charge is 2.20. The van der Waals surface area contributed by atoms with Crippen molar-refractivity contribution in [2.45, 2.75) is 37.5 Å². The number of amides is 1. The maximum atomic E-state index is 12.6. The first kappa shape index (κ1) is 21.5. The summed E-state index contributed by atoms with van der Waals surface area (Å²) in [4.78, 5) is 13.8. The van der Waals surface area contributed by atoms with Crippen LogP contribution in [0.25, 0.3) is 0 Å². The van der Waals surface area contributed by atoms with Crippen LogP contribution in [0.3, 0.4) is 0 Å². The number of sulfone groups is 1. The first-order chi connectivity index (χ1) is 13.9. The molecule has 1 aliphatic heterocycles. The molecule has 0 aromatic heterocycles. The monoisotopic (exact) mass is 414 g/mol. The quantitative estimate of drug-likeness (QED) is 0.714. The van der Waals surface area contributed by atoms with Crippen molar-refractivity contribution >= 4 is 21.4 Å². The molecule has 1 N–H and O–H groups in total. The van der Waals surface area contributed by atoms with Crippen molar-refractivity contribution in [3.05, 3.63) is 60.2 Å². The van der Waals surface area contributed by atoms with Crippen molar-refractivity contribution in [3.63, 3.8) is 0 Å². The summed E-state index contributed by atoms with van der Waals surface area (Å²) in [7, 11) is -3.30. The van der Waals surface area contributed by atoms with Gasteiger partial charge in [-0.25, -0.2) is 8.42 Å². The maximum Gasteiger partial charge on any atom is 0.221 e. The smallest absolute Gasteiger partial charge is 0.221 e. The Morgan fingerprint density at radius 1 is 1.03 bits per heavy atom. The number of carbonyl (C=O) groups is 1. The van der Waals surface area contributed by atoms with Crippen LogP contribution in [0.5, 0.6) is 0 Å². The number of carbonyl (C=O) groups excluding carboxylic acids is 1. The first-order valence-electron chi connectivity index (χ1n) is 10.3. The van der Waals surface area contributed by atoms with E-state index < -0.39 is 9.84 Å². The minimum absolute atomic E-state index is 0.149. The summed E-state index contributed by atoms with van der Waals surface area (Å²) in [6.07, 6.45) is 4.12. The summed E-state index contributed by atoms with van der Waals surface area (Å²) >= 11 is 0. The number of rotatable bonds is 8. The van der Waals surface area contributed by atoms with Crippen molar-refractivity contribution in [2.75, 3.05) is 30.7 Å². The van der Waals surface area contributed by atoms with Crippen molar-refractivity contribution in [2.24, 2.45) is 5.92 Å². The summed E-state index contributed by atoms with van der Waals surface area (Å²) < 4.78 is 25.1. The van der Waals surface area contributed by atoms with E-state index in [1.807, 2.05) is 0 Å². The van der Waals surface area contributed by atoms with Crippen LogP contribution in [-0.2, 0) is 21.1 Å². The number of nitrogens with one attached hydrogen (secondary N) is 1. The van der Waals surface area contributed by atoms with Crippen LogP contribution in [0.4, 0.5) is 5.69 Å². The van der Waals surface area contributed by atoms with Crippen LogP contribution >= 0.6 is 0 Å². The van der Waals surface area contributed by atoms with E-state index >= 15 is 0 Å². The summed E-state index contributed by atoms with van der Waals surface area (Å²) in [5, 5.41) is 2.65. The minimum Gasteiger partial charge on any atom is -0.326 e. The molecule has 2 aromatic carbocycles. The predicted octanol–water partition coefficient (Wildman–Crippen LogP) is 3.76. The number of piperidine rings is 1. The molecule has 2 aromatic rings. The molecule has 5 nitrogen and oxygen atoms in total. The fourth-order valence-corrected chi connectivity index (χ4v) is 5.20.